The normalized spacial score (nSPS) is 10.2. The van der Waals surface area contributed by atoms with Crippen molar-refractivity contribution < 1.29 is 213 Å². The van der Waals surface area contributed by atoms with Crippen molar-refractivity contribution in [1.82, 2.24) is 29.4 Å². The first kappa shape index (κ1) is 66.0. The standard InChI is InChI=1S/C20H17Cl2N3O6S.C14H12ClFN2O4S.C6H6FNO2.CH2O3.2Cs.H/c1-29-16-9-11(18(26)25-32(3,27)28)4-5-13(16)12-8-14(21)19(24-10-12)31-15-6-7-23-20(30-2)17(15)22;1-22-12-6-8(14(19)18-23(2,20)21)3-4-10(12)9-5-11(15)13(16)17-7-9;1-10-6-5(7)4(9)2-3-8-6;2-1-4-3;;;/h4-10H,1-3H3,(H,25,26);3-7H,1-2H3,(H,18,19);2-3H,1H3,(H,8,9);1,3H;;;/q;;;;2*+1;-1/p-1. The number of H-pyrrole nitrogens is 1. The van der Waals surface area contributed by atoms with Crippen LogP contribution in [0.5, 0.6) is 34.9 Å². The summed E-state index contributed by atoms with van der Waals surface area (Å²) in [5.74, 6) is -2.20. The zero-order valence-electron chi connectivity index (χ0n) is 39.3. The number of carbonyl (C=O) groups excluding carboxylic acids is 3. The molecule has 6 rings (SSSR count). The number of aromatic nitrogens is 4. The number of aromatic amines is 1. The number of rotatable bonds is 13. The molecule has 71 heavy (non-hydrogen) atoms. The number of hydrogen-bond donors (Lipinski definition) is 3. The Labute approximate surface area is 538 Å². The van der Waals surface area contributed by atoms with Crippen molar-refractivity contribution in [2.45, 2.75) is 0 Å². The number of methoxy groups -OCH3 is 4. The monoisotopic (exact) mass is 1330 g/mol. The molecule has 0 atom stereocenters. The molecule has 0 fully saturated rings. The van der Waals surface area contributed by atoms with Gasteiger partial charge in [0, 0.05) is 70.3 Å². The predicted molar refractivity (Wildman–Crippen MR) is 245 cm³/mol. The van der Waals surface area contributed by atoms with E-state index in [1.54, 1.807) is 18.2 Å². The van der Waals surface area contributed by atoms with Gasteiger partial charge in [0.1, 0.15) is 21.5 Å². The summed E-state index contributed by atoms with van der Waals surface area (Å²) in [7, 11) is -1.85. The van der Waals surface area contributed by atoms with E-state index >= 15 is 0 Å². The van der Waals surface area contributed by atoms with E-state index in [1.807, 2.05) is 9.44 Å². The van der Waals surface area contributed by atoms with Crippen LogP contribution >= 0.6 is 34.8 Å². The summed E-state index contributed by atoms with van der Waals surface area (Å²) in [6.07, 6.45) is 7.33. The van der Waals surface area contributed by atoms with E-state index in [2.05, 4.69) is 29.6 Å². The number of nitrogens with one attached hydrogen (secondary N) is 3. The second kappa shape index (κ2) is 31.6. The molecular weight excluding hydrogens is 1290 g/mol. The van der Waals surface area contributed by atoms with Gasteiger partial charge < -0.3 is 40.2 Å². The van der Waals surface area contributed by atoms with Gasteiger partial charge in [-0.15, -0.1) is 0 Å². The van der Waals surface area contributed by atoms with Crippen molar-refractivity contribution in [3.05, 3.63) is 134 Å². The number of hydrogen-bond acceptors (Lipinski definition) is 18. The molecule has 30 heteroatoms. The largest absolute Gasteiger partial charge is 1.00 e. The third kappa shape index (κ3) is 21.0. The van der Waals surface area contributed by atoms with Crippen molar-refractivity contribution in [2.75, 3.05) is 41.0 Å². The van der Waals surface area contributed by atoms with Crippen LogP contribution in [0.15, 0.2) is 90.2 Å². The predicted octanol–water partition coefficient (Wildman–Crippen LogP) is -0.734. The Balaban J connectivity index is 0.00000110. The molecule has 0 saturated heterocycles. The number of amides is 2. The van der Waals surface area contributed by atoms with Gasteiger partial charge in [-0.3, -0.25) is 19.2 Å². The van der Waals surface area contributed by atoms with Crippen LogP contribution in [-0.2, 0) is 29.7 Å². The fourth-order valence-electron chi connectivity index (χ4n) is 5.14. The second-order valence-corrected chi connectivity index (χ2v) is 17.5. The molecule has 0 aliphatic heterocycles. The van der Waals surface area contributed by atoms with E-state index < -0.39 is 49.1 Å². The van der Waals surface area contributed by atoms with Gasteiger partial charge in [-0.25, -0.2) is 41.2 Å². The molecule has 4 heterocycles. The van der Waals surface area contributed by atoms with Crippen LogP contribution in [0.25, 0.3) is 22.3 Å². The van der Waals surface area contributed by atoms with Gasteiger partial charge in [0.05, 0.1) is 46.0 Å². The number of carbonyl (C=O) groups is 3. The Bertz CT molecular complexity index is 3120. The molecule has 0 unspecified atom stereocenters. The topological polar surface area (TPSA) is 294 Å². The molecule has 3 N–H and O–H groups in total. The number of pyridine rings is 4. The Morgan fingerprint density at radius 1 is 0.704 bits per heavy atom. The van der Waals surface area contributed by atoms with Gasteiger partial charge in [-0.1, -0.05) is 34.8 Å². The number of ether oxygens (including phenoxy) is 5. The van der Waals surface area contributed by atoms with Crippen LogP contribution in [0.4, 0.5) is 8.78 Å². The molecule has 0 aliphatic rings. The van der Waals surface area contributed by atoms with Gasteiger partial charge >= 0.3 is 138 Å². The van der Waals surface area contributed by atoms with E-state index in [0.29, 0.717) is 28.0 Å². The van der Waals surface area contributed by atoms with Crippen molar-refractivity contribution in [3.8, 4) is 57.1 Å². The second-order valence-electron chi connectivity index (χ2n) is 12.9. The van der Waals surface area contributed by atoms with Gasteiger partial charge in [-0.2, -0.15) is 8.78 Å². The minimum absolute atomic E-state index is 0. The summed E-state index contributed by atoms with van der Waals surface area (Å²) >= 11 is 18.2. The van der Waals surface area contributed by atoms with Crippen molar-refractivity contribution in [3.63, 3.8) is 0 Å². The van der Waals surface area contributed by atoms with Crippen LogP contribution in [0.1, 0.15) is 22.1 Å². The van der Waals surface area contributed by atoms with Crippen molar-refractivity contribution >= 4 is 73.1 Å². The average Bonchev–Trinajstić information content (AvgIpc) is 3.31. The maximum Gasteiger partial charge on any atom is 1.00 e. The summed E-state index contributed by atoms with van der Waals surface area (Å²) in [6.45, 7) is -0.181. The molecule has 6 aromatic rings. The van der Waals surface area contributed by atoms with E-state index in [-0.39, 0.29) is 201 Å². The zero-order chi connectivity index (χ0) is 51.6. The minimum Gasteiger partial charge on any atom is -1.00 e. The Kier molecular flexibility index (Phi) is 29.4. The third-order valence-corrected chi connectivity index (χ3v) is 10.0. The van der Waals surface area contributed by atoms with Crippen LogP contribution < -0.4 is 182 Å². The van der Waals surface area contributed by atoms with Gasteiger partial charge in [0.2, 0.25) is 54.9 Å². The van der Waals surface area contributed by atoms with Gasteiger partial charge in [0.25, 0.3) is 18.3 Å². The first-order chi connectivity index (χ1) is 32.5. The molecule has 4 aromatic heterocycles. The number of halogens is 5. The zero-order valence-corrected chi connectivity index (χ0v) is 54.8. The van der Waals surface area contributed by atoms with Crippen LogP contribution in [-0.4, -0.2) is 96.0 Å². The summed E-state index contributed by atoms with van der Waals surface area (Å²) in [6, 6.07) is 14.4. The Morgan fingerprint density at radius 2 is 1.20 bits per heavy atom. The van der Waals surface area contributed by atoms with E-state index in [9.17, 15) is 40.0 Å². The number of sulfonamides is 2. The van der Waals surface area contributed by atoms with Gasteiger partial charge in [0.15, 0.2) is 5.75 Å². The quantitative estimate of drug-likeness (QED) is 0.0556. The van der Waals surface area contributed by atoms with E-state index in [1.165, 1.54) is 89.6 Å². The molecule has 0 bridgehead atoms. The minimum atomic E-state index is -3.70. The molecule has 0 aliphatic carbocycles. The summed E-state index contributed by atoms with van der Waals surface area (Å²) in [5, 5.41) is 8.64. The van der Waals surface area contributed by atoms with Gasteiger partial charge in [-0.05, 0) is 48.5 Å². The summed E-state index contributed by atoms with van der Waals surface area (Å²) in [4.78, 5) is 59.9. The molecule has 2 aromatic carbocycles. The first-order valence-electron chi connectivity index (χ1n) is 18.4. The van der Waals surface area contributed by atoms with Crippen molar-refractivity contribution in [1.29, 1.82) is 0 Å². The molecule has 0 radical (unpaired) electrons. The summed E-state index contributed by atoms with van der Waals surface area (Å²) in [5.41, 5.74) is 1.70. The van der Waals surface area contributed by atoms with E-state index in [4.69, 9.17) is 63.8 Å². The number of benzene rings is 2. The Morgan fingerprint density at radius 3 is 1.61 bits per heavy atom. The molecule has 370 valence electrons. The van der Waals surface area contributed by atoms with E-state index in [0.717, 1.165) is 18.6 Å². The molecule has 21 nitrogen and oxygen atoms in total. The third-order valence-electron chi connectivity index (χ3n) is 8.04. The number of nitrogens with zero attached hydrogens (tertiary/aromatic N) is 3. The SMILES string of the molecule is COc1[nH]ccc(=O)c1F.COc1cc(C(=O)NS(C)(=O)=O)ccc1-c1cnc(F)c(Cl)c1.COc1cc(C(=O)NS(C)(=O)=O)ccc1-c1cnc(Oc2ccnc(OC)c2Cl)c(Cl)c1.O=CO[O-].[Cs+].[Cs+].[H-]. The summed E-state index contributed by atoms with van der Waals surface area (Å²) < 4.78 is 100. The first-order valence-corrected chi connectivity index (χ1v) is 23.3. The average molecular weight is 1330 g/mol. The molecule has 2 amide bonds. The van der Waals surface area contributed by atoms with Crippen LogP contribution in [0.2, 0.25) is 15.1 Å². The molecule has 0 spiro atoms. The maximum absolute atomic E-state index is 13.1. The van der Waals surface area contributed by atoms with Crippen molar-refractivity contribution in [2.24, 2.45) is 0 Å². The Hall–Kier alpha value is -3.06. The van der Waals surface area contributed by atoms with Crippen LogP contribution in [0.3, 0.4) is 0 Å². The fourth-order valence-corrected chi connectivity index (χ4v) is 6.64. The molecular formula is C41H37Cl3Cs2F2N6O15S2. The van der Waals surface area contributed by atoms with Crippen LogP contribution in [0, 0.1) is 11.8 Å². The smallest absolute Gasteiger partial charge is 1.00 e. The fraction of sp³-hybridized carbons (Fsp3) is 0.146. The molecule has 0 saturated carbocycles. The maximum atomic E-state index is 13.1.